The lowest BCUT2D eigenvalue weighted by Crippen LogP contribution is -2.35. The first-order chi connectivity index (χ1) is 6.18. The number of aliphatic hydroxyl groups is 1. The first kappa shape index (κ1) is 8.90. The molecule has 1 unspecified atom stereocenters. The van der Waals surface area contributed by atoms with Crippen molar-refractivity contribution in [2.45, 2.75) is 25.4 Å². The monoisotopic (exact) mass is 199 g/mol. The van der Waals surface area contributed by atoms with Gasteiger partial charge in [0, 0.05) is 6.54 Å². The minimum Gasteiger partial charge on any atom is -0.388 e. The van der Waals surface area contributed by atoms with Gasteiger partial charge in [0.05, 0.1) is 5.60 Å². The van der Waals surface area contributed by atoms with E-state index >= 15 is 0 Å². The smallest absolute Gasteiger partial charge is 0.205 e. The minimum absolute atomic E-state index is 0.466. The number of hydrogen-bond donors (Lipinski definition) is 2. The molecular formula is C8H13N3OS. The van der Waals surface area contributed by atoms with Gasteiger partial charge in [0.15, 0.2) is 0 Å². The van der Waals surface area contributed by atoms with Gasteiger partial charge in [-0.2, -0.15) is 0 Å². The van der Waals surface area contributed by atoms with Gasteiger partial charge in [-0.25, -0.2) is 0 Å². The van der Waals surface area contributed by atoms with Crippen LogP contribution in [0.1, 0.15) is 19.8 Å². The second-order valence-corrected chi connectivity index (χ2v) is 4.56. The van der Waals surface area contributed by atoms with Crippen molar-refractivity contribution in [2.24, 2.45) is 5.92 Å². The first-order valence-electron chi connectivity index (χ1n) is 4.41. The number of rotatable bonds is 4. The van der Waals surface area contributed by atoms with E-state index < -0.39 is 5.60 Å². The van der Waals surface area contributed by atoms with Crippen molar-refractivity contribution in [3.05, 3.63) is 5.51 Å². The lowest BCUT2D eigenvalue weighted by Gasteiger charge is -2.22. The van der Waals surface area contributed by atoms with Gasteiger partial charge in [-0.15, -0.1) is 10.2 Å². The van der Waals surface area contributed by atoms with Crippen LogP contribution < -0.4 is 5.32 Å². The predicted molar refractivity (Wildman–Crippen MR) is 51.7 cm³/mol. The highest BCUT2D eigenvalue weighted by Crippen LogP contribution is 2.39. The average Bonchev–Trinajstić information content (AvgIpc) is 2.82. The molecular weight excluding hydrogens is 186 g/mol. The van der Waals surface area contributed by atoms with Gasteiger partial charge in [-0.1, -0.05) is 11.3 Å². The van der Waals surface area contributed by atoms with Crippen LogP contribution in [0.3, 0.4) is 0 Å². The molecule has 2 N–H and O–H groups in total. The van der Waals surface area contributed by atoms with Crippen LogP contribution in [-0.4, -0.2) is 27.4 Å². The lowest BCUT2D eigenvalue weighted by molar-refractivity contribution is 0.0503. The van der Waals surface area contributed by atoms with Gasteiger partial charge in [0.2, 0.25) is 5.13 Å². The Morgan fingerprint density at radius 1 is 1.77 bits per heavy atom. The van der Waals surface area contributed by atoms with Crippen LogP contribution in [0.15, 0.2) is 5.51 Å². The Kier molecular flexibility index (Phi) is 2.21. The Labute approximate surface area is 81.0 Å². The van der Waals surface area contributed by atoms with E-state index in [9.17, 15) is 5.11 Å². The van der Waals surface area contributed by atoms with Crippen molar-refractivity contribution in [3.63, 3.8) is 0 Å². The van der Waals surface area contributed by atoms with Gasteiger partial charge < -0.3 is 10.4 Å². The summed E-state index contributed by atoms with van der Waals surface area (Å²) < 4.78 is 0. The van der Waals surface area contributed by atoms with Gasteiger partial charge in [-0.3, -0.25) is 0 Å². The molecule has 1 aromatic rings. The van der Waals surface area contributed by atoms with Gasteiger partial charge in [-0.05, 0) is 25.7 Å². The molecule has 0 saturated heterocycles. The minimum atomic E-state index is -0.592. The molecule has 13 heavy (non-hydrogen) atoms. The van der Waals surface area contributed by atoms with Crippen LogP contribution in [0.2, 0.25) is 0 Å². The SMILES string of the molecule is CC(O)(CNc1nncs1)C1CC1. The summed E-state index contributed by atoms with van der Waals surface area (Å²) in [5.74, 6) is 0.466. The van der Waals surface area contributed by atoms with Gasteiger partial charge in [0.25, 0.3) is 0 Å². The van der Waals surface area contributed by atoms with Crippen molar-refractivity contribution in [1.29, 1.82) is 0 Å². The topological polar surface area (TPSA) is 58.0 Å². The summed E-state index contributed by atoms with van der Waals surface area (Å²) >= 11 is 1.45. The van der Waals surface area contributed by atoms with Crippen LogP contribution >= 0.6 is 11.3 Å². The third-order valence-corrected chi connectivity index (χ3v) is 3.06. The fourth-order valence-electron chi connectivity index (χ4n) is 1.35. The number of aromatic nitrogens is 2. The molecule has 1 aliphatic rings. The molecule has 1 fully saturated rings. The Hall–Kier alpha value is -0.680. The van der Waals surface area contributed by atoms with Crippen LogP contribution in [0, 0.1) is 5.92 Å². The fraction of sp³-hybridized carbons (Fsp3) is 0.750. The highest BCUT2D eigenvalue weighted by atomic mass is 32.1. The Balaban J connectivity index is 1.84. The third kappa shape index (κ3) is 2.16. The molecule has 1 atom stereocenters. The highest BCUT2D eigenvalue weighted by molar-refractivity contribution is 7.13. The summed E-state index contributed by atoms with van der Waals surface area (Å²) in [4.78, 5) is 0. The summed E-state index contributed by atoms with van der Waals surface area (Å²) in [5.41, 5.74) is 1.08. The number of nitrogens with one attached hydrogen (secondary N) is 1. The van der Waals surface area contributed by atoms with Crippen molar-refractivity contribution < 1.29 is 5.11 Å². The van der Waals surface area contributed by atoms with Crippen LogP contribution in [0.5, 0.6) is 0 Å². The summed E-state index contributed by atoms with van der Waals surface area (Å²) in [7, 11) is 0. The molecule has 1 aromatic heterocycles. The second-order valence-electron chi connectivity index (χ2n) is 3.73. The molecule has 0 spiro atoms. The molecule has 4 nitrogen and oxygen atoms in total. The normalized spacial score (nSPS) is 21.1. The molecule has 2 rings (SSSR count). The van der Waals surface area contributed by atoms with E-state index in [1.807, 2.05) is 6.92 Å². The molecule has 1 aliphatic carbocycles. The fourth-order valence-corrected chi connectivity index (χ4v) is 1.80. The van der Waals surface area contributed by atoms with Crippen molar-refractivity contribution in [1.82, 2.24) is 10.2 Å². The van der Waals surface area contributed by atoms with Crippen molar-refractivity contribution >= 4 is 16.5 Å². The maximum atomic E-state index is 9.95. The van der Waals surface area contributed by atoms with Crippen LogP contribution in [-0.2, 0) is 0 Å². The molecule has 0 amide bonds. The number of hydrogen-bond acceptors (Lipinski definition) is 5. The van der Waals surface area contributed by atoms with E-state index in [2.05, 4.69) is 15.5 Å². The molecule has 0 radical (unpaired) electrons. The molecule has 1 saturated carbocycles. The van der Waals surface area contributed by atoms with E-state index in [4.69, 9.17) is 0 Å². The summed E-state index contributed by atoms with van der Waals surface area (Å²) in [6, 6.07) is 0. The Morgan fingerprint density at radius 3 is 3.08 bits per heavy atom. The highest BCUT2D eigenvalue weighted by Gasteiger charge is 2.39. The van der Waals surface area contributed by atoms with E-state index in [0.717, 1.165) is 18.0 Å². The second kappa shape index (κ2) is 3.23. The van der Waals surface area contributed by atoms with Gasteiger partial charge >= 0.3 is 0 Å². The Bertz CT molecular complexity index is 269. The molecule has 0 bridgehead atoms. The molecule has 1 heterocycles. The third-order valence-electron chi connectivity index (χ3n) is 2.41. The summed E-state index contributed by atoms with van der Waals surface area (Å²) in [6.45, 7) is 2.44. The van der Waals surface area contributed by atoms with Gasteiger partial charge in [0.1, 0.15) is 5.51 Å². The standard InChI is InChI=1S/C8H13N3OS/c1-8(12,6-2-3-6)4-9-7-11-10-5-13-7/h5-6,12H,2-4H2,1H3,(H,9,11). The molecule has 0 aromatic carbocycles. The van der Waals surface area contributed by atoms with Crippen molar-refractivity contribution in [3.8, 4) is 0 Å². The average molecular weight is 199 g/mol. The maximum Gasteiger partial charge on any atom is 0.205 e. The van der Waals surface area contributed by atoms with E-state index in [-0.39, 0.29) is 0 Å². The predicted octanol–water partition coefficient (Wildman–Crippen LogP) is 1.11. The van der Waals surface area contributed by atoms with E-state index in [1.165, 1.54) is 11.3 Å². The summed E-state index contributed by atoms with van der Waals surface area (Å²) in [5, 5.41) is 21.4. The van der Waals surface area contributed by atoms with Crippen LogP contribution in [0.4, 0.5) is 5.13 Å². The Morgan fingerprint density at radius 2 is 2.54 bits per heavy atom. The quantitative estimate of drug-likeness (QED) is 0.762. The van der Waals surface area contributed by atoms with E-state index in [0.29, 0.717) is 12.5 Å². The zero-order chi connectivity index (χ0) is 9.31. The molecule has 72 valence electrons. The zero-order valence-corrected chi connectivity index (χ0v) is 8.34. The lowest BCUT2D eigenvalue weighted by atomic mass is 10.0. The van der Waals surface area contributed by atoms with E-state index in [1.54, 1.807) is 5.51 Å². The first-order valence-corrected chi connectivity index (χ1v) is 5.29. The largest absolute Gasteiger partial charge is 0.388 e. The van der Waals surface area contributed by atoms with Crippen molar-refractivity contribution in [2.75, 3.05) is 11.9 Å². The summed E-state index contributed by atoms with van der Waals surface area (Å²) in [6.07, 6.45) is 2.29. The van der Waals surface area contributed by atoms with Crippen LogP contribution in [0.25, 0.3) is 0 Å². The maximum absolute atomic E-state index is 9.95. The number of anilines is 1. The number of nitrogens with zero attached hydrogens (tertiary/aromatic N) is 2. The zero-order valence-electron chi connectivity index (χ0n) is 7.53. The molecule has 0 aliphatic heterocycles. The molecule has 5 heteroatoms.